The molecule has 0 aromatic carbocycles. The summed E-state index contributed by atoms with van der Waals surface area (Å²) in [5, 5.41) is 10.2. The quantitative estimate of drug-likeness (QED) is 0.698. The molecule has 0 saturated heterocycles. The first-order chi connectivity index (χ1) is 8.54. The zero-order chi connectivity index (χ0) is 13.5. The summed E-state index contributed by atoms with van der Waals surface area (Å²) in [4.78, 5) is 0. The molecule has 3 atom stereocenters. The molecule has 0 radical (unpaired) electrons. The van der Waals surface area contributed by atoms with Crippen LogP contribution in [0.25, 0.3) is 0 Å². The SMILES string of the molecule is C=CC(C[C@H](O)[C@@H](N)CC1CCCCC1)C(C)C.Cl. The smallest absolute Gasteiger partial charge is 0.0696 e. The summed E-state index contributed by atoms with van der Waals surface area (Å²) in [6.07, 6.45) is 9.99. The van der Waals surface area contributed by atoms with Crippen molar-refractivity contribution in [1.29, 1.82) is 0 Å². The van der Waals surface area contributed by atoms with Gasteiger partial charge in [-0.25, -0.2) is 0 Å². The number of hydrogen-bond acceptors (Lipinski definition) is 2. The molecule has 0 aromatic heterocycles. The summed E-state index contributed by atoms with van der Waals surface area (Å²) >= 11 is 0. The van der Waals surface area contributed by atoms with Gasteiger partial charge in [-0.1, -0.05) is 52.0 Å². The van der Waals surface area contributed by atoms with Crippen molar-refractivity contribution in [2.75, 3.05) is 0 Å². The normalized spacial score (nSPS) is 21.5. The van der Waals surface area contributed by atoms with Crippen molar-refractivity contribution in [2.45, 2.75) is 70.9 Å². The zero-order valence-electron chi connectivity index (χ0n) is 12.6. The minimum atomic E-state index is -0.377. The van der Waals surface area contributed by atoms with Crippen LogP contribution >= 0.6 is 12.4 Å². The molecular formula is C16H32ClNO. The third kappa shape index (κ3) is 6.78. The maximum atomic E-state index is 10.2. The van der Waals surface area contributed by atoms with E-state index in [2.05, 4.69) is 20.4 Å². The van der Waals surface area contributed by atoms with Gasteiger partial charge in [0.1, 0.15) is 0 Å². The van der Waals surface area contributed by atoms with Gasteiger partial charge in [0.2, 0.25) is 0 Å². The van der Waals surface area contributed by atoms with Gasteiger partial charge in [0.25, 0.3) is 0 Å². The maximum absolute atomic E-state index is 10.2. The molecular weight excluding hydrogens is 258 g/mol. The summed E-state index contributed by atoms with van der Waals surface area (Å²) in [6, 6.07) is -0.0608. The van der Waals surface area contributed by atoms with Crippen LogP contribution in [0.15, 0.2) is 12.7 Å². The highest BCUT2D eigenvalue weighted by Gasteiger charge is 2.24. The summed E-state index contributed by atoms with van der Waals surface area (Å²) in [5.74, 6) is 1.64. The van der Waals surface area contributed by atoms with Crippen LogP contribution in [0.5, 0.6) is 0 Å². The van der Waals surface area contributed by atoms with Gasteiger partial charge in [0, 0.05) is 6.04 Å². The van der Waals surface area contributed by atoms with E-state index in [1.807, 2.05) is 6.08 Å². The number of hydrogen-bond donors (Lipinski definition) is 2. The van der Waals surface area contributed by atoms with Gasteiger partial charge in [0.15, 0.2) is 0 Å². The van der Waals surface area contributed by atoms with Crippen LogP contribution in [-0.4, -0.2) is 17.3 Å². The molecule has 3 N–H and O–H groups in total. The van der Waals surface area contributed by atoms with Gasteiger partial charge in [-0.05, 0) is 30.6 Å². The molecule has 0 aliphatic heterocycles. The molecule has 3 heteroatoms. The second-order valence-electron chi connectivity index (χ2n) is 6.35. The van der Waals surface area contributed by atoms with E-state index in [-0.39, 0.29) is 24.6 Å². The molecule has 1 rings (SSSR count). The molecule has 114 valence electrons. The third-order valence-electron chi connectivity index (χ3n) is 4.50. The molecule has 1 unspecified atom stereocenters. The molecule has 1 fully saturated rings. The first-order valence-electron chi connectivity index (χ1n) is 7.60. The first-order valence-corrected chi connectivity index (χ1v) is 7.60. The molecule has 19 heavy (non-hydrogen) atoms. The van der Waals surface area contributed by atoms with Gasteiger partial charge in [-0.3, -0.25) is 0 Å². The Morgan fingerprint density at radius 2 is 1.84 bits per heavy atom. The van der Waals surface area contributed by atoms with Crippen LogP contribution in [0.4, 0.5) is 0 Å². The first kappa shape index (κ1) is 18.9. The Balaban J connectivity index is 0.00000324. The van der Waals surface area contributed by atoms with Gasteiger partial charge in [0.05, 0.1) is 6.10 Å². The minimum Gasteiger partial charge on any atom is -0.391 e. The molecule has 0 bridgehead atoms. The molecule has 1 aliphatic rings. The van der Waals surface area contributed by atoms with Crippen molar-refractivity contribution in [1.82, 2.24) is 0 Å². The van der Waals surface area contributed by atoms with E-state index < -0.39 is 0 Å². The lowest BCUT2D eigenvalue weighted by Gasteiger charge is -2.29. The average Bonchev–Trinajstić information content (AvgIpc) is 2.36. The van der Waals surface area contributed by atoms with Crippen molar-refractivity contribution in [3.05, 3.63) is 12.7 Å². The molecule has 0 amide bonds. The number of halogens is 1. The molecule has 0 spiro atoms. The standard InChI is InChI=1S/C16H31NO.ClH/c1-4-14(12(2)3)11-16(18)15(17)10-13-8-6-5-7-9-13;/h4,12-16,18H,1,5-11,17H2,2-3H3;1H/t14?,15-,16-;/m0./s1. The van der Waals surface area contributed by atoms with Gasteiger partial charge in [-0.2, -0.15) is 0 Å². The Morgan fingerprint density at radius 3 is 2.32 bits per heavy atom. The third-order valence-corrected chi connectivity index (χ3v) is 4.50. The summed E-state index contributed by atoms with van der Waals surface area (Å²) in [5.41, 5.74) is 6.17. The summed E-state index contributed by atoms with van der Waals surface area (Å²) in [7, 11) is 0. The average molecular weight is 290 g/mol. The van der Waals surface area contributed by atoms with Gasteiger partial charge >= 0.3 is 0 Å². The van der Waals surface area contributed by atoms with E-state index in [1.165, 1.54) is 32.1 Å². The van der Waals surface area contributed by atoms with Crippen LogP contribution in [-0.2, 0) is 0 Å². The van der Waals surface area contributed by atoms with Gasteiger partial charge < -0.3 is 10.8 Å². The van der Waals surface area contributed by atoms with E-state index in [4.69, 9.17) is 5.73 Å². The predicted molar refractivity (Wildman–Crippen MR) is 85.6 cm³/mol. The van der Waals surface area contributed by atoms with E-state index in [0.29, 0.717) is 11.8 Å². The lowest BCUT2D eigenvalue weighted by molar-refractivity contribution is 0.100. The van der Waals surface area contributed by atoms with Crippen LogP contribution in [0.3, 0.4) is 0 Å². The molecule has 0 heterocycles. The predicted octanol–water partition coefficient (Wildman–Crippen LogP) is 3.92. The number of aliphatic hydroxyl groups is 1. The maximum Gasteiger partial charge on any atom is 0.0696 e. The monoisotopic (exact) mass is 289 g/mol. The Morgan fingerprint density at radius 1 is 1.26 bits per heavy atom. The Labute approximate surface area is 125 Å². The fourth-order valence-corrected chi connectivity index (χ4v) is 3.06. The highest BCUT2D eigenvalue weighted by Crippen LogP contribution is 2.28. The fourth-order valence-electron chi connectivity index (χ4n) is 3.06. The Bertz CT molecular complexity index is 239. The van der Waals surface area contributed by atoms with Crippen LogP contribution in [0, 0.1) is 17.8 Å². The van der Waals surface area contributed by atoms with Gasteiger partial charge in [-0.15, -0.1) is 19.0 Å². The van der Waals surface area contributed by atoms with E-state index in [0.717, 1.165) is 18.8 Å². The lowest BCUT2D eigenvalue weighted by atomic mass is 9.81. The van der Waals surface area contributed by atoms with Crippen molar-refractivity contribution < 1.29 is 5.11 Å². The Kier molecular flexibility index (Phi) is 9.77. The molecule has 1 saturated carbocycles. The minimum absolute atomic E-state index is 0. The number of nitrogens with two attached hydrogens (primary N) is 1. The van der Waals surface area contributed by atoms with Crippen LogP contribution in [0.1, 0.15) is 58.8 Å². The second-order valence-corrected chi connectivity index (χ2v) is 6.35. The largest absolute Gasteiger partial charge is 0.391 e. The second kappa shape index (κ2) is 9.79. The van der Waals surface area contributed by atoms with Crippen LogP contribution < -0.4 is 5.73 Å². The Hall–Kier alpha value is -0.0500. The van der Waals surface area contributed by atoms with Crippen LogP contribution in [0.2, 0.25) is 0 Å². The zero-order valence-corrected chi connectivity index (χ0v) is 13.4. The van der Waals surface area contributed by atoms with E-state index in [9.17, 15) is 5.11 Å². The van der Waals surface area contributed by atoms with E-state index in [1.54, 1.807) is 0 Å². The lowest BCUT2D eigenvalue weighted by Crippen LogP contribution is -2.38. The molecule has 2 nitrogen and oxygen atoms in total. The van der Waals surface area contributed by atoms with Crippen molar-refractivity contribution in [3.63, 3.8) is 0 Å². The van der Waals surface area contributed by atoms with Crippen molar-refractivity contribution >= 4 is 12.4 Å². The summed E-state index contributed by atoms with van der Waals surface area (Å²) < 4.78 is 0. The number of rotatable bonds is 7. The number of allylic oxidation sites excluding steroid dienone is 1. The van der Waals surface area contributed by atoms with Crippen molar-refractivity contribution in [3.8, 4) is 0 Å². The highest BCUT2D eigenvalue weighted by atomic mass is 35.5. The molecule has 1 aliphatic carbocycles. The number of aliphatic hydroxyl groups excluding tert-OH is 1. The highest BCUT2D eigenvalue weighted by molar-refractivity contribution is 5.85. The fraction of sp³-hybridized carbons (Fsp3) is 0.875. The van der Waals surface area contributed by atoms with E-state index >= 15 is 0 Å². The molecule has 0 aromatic rings. The topological polar surface area (TPSA) is 46.2 Å². The van der Waals surface area contributed by atoms with Crippen molar-refractivity contribution in [2.24, 2.45) is 23.5 Å². The summed E-state index contributed by atoms with van der Waals surface area (Å²) in [6.45, 7) is 8.20.